The van der Waals surface area contributed by atoms with Crippen LogP contribution in [0.1, 0.15) is 17.3 Å². The second-order valence-electron chi connectivity index (χ2n) is 3.49. The van der Waals surface area contributed by atoms with Crippen LogP contribution >= 0.6 is 0 Å². The summed E-state index contributed by atoms with van der Waals surface area (Å²) in [4.78, 5) is 3.74. The van der Waals surface area contributed by atoms with Crippen molar-refractivity contribution in [1.29, 1.82) is 0 Å². The van der Waals surface area contributed by atoms with Crippen LogP contribution < -0.4 is 5.73 Å². The second-order valence-corrected chi connectivity index (χ2v) is 3.49. The van der Waals surface area contributed by atoms with Crippen LogP contribution in [0, 0.1) is 17.5 Å². The Labute approximate surface area is 95.9 Å². The number of nitrogens with zero attached hydrogens (tertiary/aromatic N) is 1. The molecule has 17 heavy (non-hydrogen) atoms. The van der Waals surface area contributed by atoms with Crippen LogP contribution in [0.5, 0.6) is 0 Å². The van der Waals surface area contributed by atoms with E-state index in [0.717, 1.165) is 6.07 Å². The SMILES string of the molecule is NC(c1cccc(F)c1F)c1ncccc1F. The zero-order chi connectivity index (χ0) is 12.4. The molecule has 0 saturated heterocycles. The summed E-state index contributed by atoms with van der Waals surface area (Å²) in [6.07, 6.45) is 1.34. The predicted molar refractivity (Wildman–Crippen MR) is 56.6 cm³/mol. The number of hydrogen-bond donors (Lipinski definition) is 1. The van der Waals surface area contributed by atoms with Gasteiger partial charge in [-0.25, -0.2) is 13.2 Å². The quantitative estimate of drug-likeness (QED) is 0.873. The van der Waals surface area contributed by atoms with Crippen molar-refractivity contribution in [3.05, 3.63) is 65.2 Å². The normalized spacial score (nSPS) is 12.5. The molecule has 1 aromatic carbocycles. The highest BCUT2D eigenvalue weighted by molar-refractivity contribution is 5.29. The van der Waals surface area contributed by atoms with Gasteiger partial charge in [0.1, 0.15) is 5.82 Å². The van der Waals surface area contributed by atoms with E-state index < -0.39 is 23.5 Å². The highest BCUT2D eigenvalue weighted by Crippen LogP contribution is 2.23. The molecule has 2 rings (SSSR count). The van der Waals surface area contributed by atoms with Gasteiger partial charge in [0.2, 0.25) is 0 Å². The Kier molecular flexibility index (Phi) is 3.10. The first-order chi connectivity index (χ1) is 8.11. The van der Waals surface area contributed by atoms with Gasteiger partial charge in [-0.1, -0.05) is 12.1 Å². The molecular formula is C12H9F3N2. The van der Waals surface area contributed by atoms with Crippen LogP contribution in [0.15, 0.2) is 36.5 Å². The van der Waals surface area contributed by atoms with Crippen LogP contribution in [-0.2, 0) is 0 Å². The average Bonchev–Trinajstić information content (AvgIpc) is 2.32. The molecule has 1 aromatic heterocycles. The van der Waals surface area contributed by atoms with E-state index in [1.54, 1.807) is 0 Å². The number of hydrogen-bond acceptors (Lipinski definition) is 2. The summed E-state index contributed by atoms with van der Waals surface area (Å²) in [5, 5.41) is 0. The molecule has 0 spiro atoms. The summed E-state index contributed by atoms with van der Waals surface area (Å²) >= 11 is 0. The molecule has 0 saturated carbocycles. The number of rotatable bonds is 2. The Morgan fingerprint density at radius 2 is 1.71 bits per heavy atom. The maximum Gasteiger partial charge on any atom is 0.163 e. The zero-order valence-electron chi connectivity index (χ0n) is 8.70. The lowest BCUT2D eigenvalue weighted by atomic mass is 10.0. The van der Waals surface area contributed by atoms with Gasteiger partial charge in [0.25, 0.3) is 0 Å². The molecule has 0 bridgehead atoms. The highest BCUT2D eigenvalue weighted by Gasteiger charge is 2.19. The van der Waals surface area contributed by atoms with E-state index in [4.69, 9.17) is 5.73 Å². The Morgan fingerprint density at radius 1 is 1.00 bits per heavy atom. The molecule has 88 valence electrons. The minimum absolute atomic E-state index is 0.114. The fraction of sp³-hybridized carbons (Fsp3) is 0.0833. The van der Waals surface area contributed by atoms with Crippen molar-refractivity contribution in [3.63, 3.8) is 0 Å². The third-order valence-corrected chi connectivity index (χ3v) is 2.40. The van der Waals surface area contributed by atoms with Crippen LogP contribution in [0.2, 0.25) is 0 Å². The first-order valence-corrected chi connectivity index (χ1v) is 4.91. The monoisotopic (exact) mass is 238 g/mol. The molecule has 0 amide bonds. The van der Waals surface area contributed by atoms with E-state index in [-0.39, 0.29) is 11.3 Å². The number of benzene rings is 1. The van der Waals surface area contributed by atoms with Crippen LogP contribution in [0.25, 0.3) is 0 Å². The third-order valence-electron chi connectivity index (χ3n) is 2.40. The van der Waals surface area contributed by atoms with Gasteiger partial charge in [-0.15, -0.1) is 0 Å². The summed E-state index contributed by atoms with van der Waals surface area (Å²) in [6, 6.07) is 5.02. The standard InChI is InChI=1S/C12H9F3N2/c13-8-4-1-3-7(10(8)15)11(16)12-9(14)5-2-6-17-12/h1-6,11H,16H2. The third kappa shape index (κ3) is 2.14. The Hall–Kier alpha value is -1.88. The second kappa shape index (κ2) is 4.55. The Morgan fingerprint density at radius 3 is 2.41 bits per heavy atom. The van der Waals surface area contributed by atoms with Crippen LogP contribution in [0.3, 0.4) is 0 Å². The zero-order valence-corrected chi connectivity index (χ0v) is 8.70. The predicted octanol–water partition coefficient (Wildman–Crippen LogP) is 2.55. The van der Waals surface area contributed by atoms with Gasteiger partial charge >= 0.3 is 0 Å². The van der Waals surface area contributed by atoms with Gasteiger partial charge in [0.15, 0.2) is 11.6 Å². The number of nitrogens with two attached hydrogens (primary N) is 1. The van der Waals surface area contributed by atoms with Crippen molar-refractivity contribution in [1.82, 2.24) is 4.98 Å². The number of aromatic nitrogens is 1. The summed E-state index contributed by atoms with van der Waals surface area (Å²) in [5.74, 6) is -2.75. The Balaban J connectivity index is 2.48. The van der Waals surface area contributed by atoms with E-state index in [1.807, 2.05) is 0 Å². The first kappa shape index (κ1) is 11.6. The molecule has 0 radical (unpaired) electrons. The summed E-state index contributed by atoms with van der Waals surface area (Å²) < 4.78 is 39.9. The van der Waals surface area contributed by atoms with Gasteiger partial charge in [0.05, 0.1) is 11.7 Å². The largest absolute Gasteiger partial charge is 0.319 e. The molecule has 0 aliphatic heterocycles. The van der Waals surface area contributed by atoms with Gasteiger partial charge < -0.3 is 5.73 Å². The molecule has 1 atom stereocenters. The summed E-state index contributed by atoms with van der Waals surface area (Å²) in [7, 11) is 0. The van der Waals surface area contributed by atoms with E-state index in [1.165, 1.54) is 30.5 Å². The Bertz CT molecular complexity index is 543. The maximum absolute atomic E-state index is 13.5. The first-order valence-electron chi connectivity index (χ1n) is 4.91. The van der Waals surface area contributed by atoms with E-state index in [2.05, 4.69) is 4.98 Å². The number of halogens is 3. The topological polar surface area (TPSA) is 38.9 Å². The molecule has 0 fully saturated rings. The molecule has 2 N–H and O–H groups in total. The summed E-state index contributed by atoms with van der Waals surface area (Å²) in [6.45, 7) is 0. The average molecular weight is 238 g/mol. The van der Waals surface area contributed by atoms with Crippen molar-refractivity contribution in [3.8, 4) is 0 Å². The van der Waals surface area contributed by atoms with Gasteiger partial charge in [-0.05, 0) is 18.2 Å². The van der Waals surface area contributed by atoms with Gasteiger partial charge in [0, 0.05) is 11.8 Å². The molecule has 0 aliphatic carbocycles. The van der Waals surface area contributed by atoms with Crippen LogP contribution in [0.4, 0.5) is 13.2 Å². The van der Waals surface area contributed by atoms with E-state index in [9.17, 15) is 13.2 Å². The molecule has 2 aromatic rings. The van der Waals surface area contributed by atoms with Crippen molar-refractivity contribution < 1.29 is 13.2 Å². The minimum Gasteiger partial charge on any atom is -0.319 e. The number of pyridine rings is 1. The fourth-order valence-corrected chi connectivity index (χ4v) is 1.53. The molecule has 0 aliphatic rings. The van der Waals surface area contributed by atoms with Gasteiger partial charge in [-0.2, -0.15) is 0 Å². The summed E-state index contributed by atoms with van der Waals surface area (Å²) in [5.41, 5.74) is 5.44. The minimum atomic E-state index is -1.13. The fourth-order valence-electron chi connectivity index (χ4n) is 1.53. The maximum atomic E-state index is 13.5. The molecule has 1 unspecified atom stereocenters. The van der Waals surface area contributed by atoms with Gasteiger partial charge in [-0.3, -0.25) is 4.98 Å². The van der Waals surface area contributed by atoms with E-state index in [0.29, 0.717) is 0 Å². The van der Waals surface area contributed by atoms with Crippen molar-refractivity contribution in [2.24, 2.45) is 5.73 Å². The molecule has 2 nitrogen and oxygen atoms in total. The van der Waals surface area contributed by atoms with Crippen molar-refractivity contribution >= 4 is 0 Å². The smallest absolute Gasteiger partial charge is 0.163 e. The van der Waals surface area contributed by atoms with Crippen LogP contribution in [-0.4, -0.2) is 4.98 Å². The lowest BCUT2D eigenvalue weighted by Gasteiger charge is -2.13. The van der Waals surface area contributed by atoms with E-state index >= 15 is 0 Å². The molecule has 1 heterocycles. The molecule has 5 heteroatoms. The lowest BCUT2D eigenvalue weighted by molar-refractivity contribution is 0.490. The molecular weight excluding hydrogens is 229 g/mol. The van der Waals surface area contributed by atoms with Crippen molar-refractivity contribution in [2.45, 2.75) is 6.04 Å². The van der Waals surface area contributed by atoms with Crippen molar-refractivity contribution in [2.75, 3.05) is 0 Å². The lowest BCUT2D eigenvalue weighted by Crippen LogP contribution is -2.17. The highest BCUT2D eigenvalue weighted by atomic mass is 19.2.